The highest BCUT2D eigenvalue weighted by Gasteiger charge is 2.25. The van der Waals surface area contributed by atoms with Gasteiger partial charge in [-0.25, -0.2) is 4.98 Å². The second-order valence-electron chi connectivity index (χ2n) is 6.13. The van der Waals surface area contributed by atoms with E-state index < -0.39 is 12.4 Å². The van der Waals surface area contributed by atoms with E-state index in [-0.39, 0.29) is 12.5 Å². The van der Waals surface area contributed by atoms with E-state index in [1.165, 1.54) is 10.3 Å². The summed E-state index contributed by atoms with van der Waals surface area (Å²) in [7, 11) is 0. The van der Waals surface area contributed by atoms with Gasteiger partial charge in [0.1, 0.15) is 4.83 Å². The summed E-state index contributed by atoms with van der Waals surface area (Å²) in [6.45, 7) is 4.19. The molecule has 3 heterocycles. The SMILES string of the molecule is CCCc1cc2cc(C=CC3CC(O)CC(O)O3)c(C)nc2s1. The molecule has 0 bridgehead atoms. The molecule has 1 aliphatic heterocycles. The van der Waals surface area contributed by atoms with Gasteiger partial charge >= 0.3 is 0 Å². The Morgan fingerprint density at radius 2 is 2.17 bits per heavy atom. The molecule has 4 nitrogen and oxygen atoms in total. The molecule has 23 heavy (non-hydrogen) atoms. The maximum absolute atomic E-state index is 9.71. The summed E-state index contributed by atoms with van der Waals surface area (Å²) in [5.74, 6) is 0. The van der Waals surface area contributed by atoms with Crippen LogP contribution in [0.1, 0.15) is 42.3 Å². The Balaban J connectivity index is 1.81. The van der Waals surface area contributed by atoms with Crippen molar-refractivity contribution < 1.29 is 14.9 Å². The first-order chi connectivity index (χ1) is 11.0. The molecule has 2 aromatic rings. The minimum Gasteiger partial charge on any atom is -0.393 e. The third-order valence-corrected chi connectivity index (χ3v) is 5.19. The van der Waals surface area contributed by atoms with Crippen LogP contribution < -0.4 is 0 Å². The van der Waals surface area contributed by atoms with Crippen LogP contribution in [0.4, 0.5) is 0 Å². The van der Waals surface area contributed by atoms with E-state index in [1.54, 1.807) is 11.3 Å². The summed E-state index contributed by atoms with van der Waals surface area (Å²) in [5.41, 5.74) is 2.03. The number of aliphatic hydroxyl groups is 2. The molecule has 1 saturated heterocycles. The van der Waals surface area contributed by atoms with Crippen LogP contribution >= 0.6 is 11.3 Å². The van der Waals surface area contributed by atoms with Gasteiger partial charge in [0.05, 0.1) is 12.2 Å². The molecule has 1 fully saturated rings. The zero-order chi connectivity index (χ0) is 16.4. The van der Waals surface area contributed by atoms with Crippen molar-refractivity contribution >= 4 is 27.6 Å². The van der Waals surface area contributed by atoms with Crippen LogP contribution in [0, 0.1) is 6.92 Å². The van der Waals surface area contributed by atoms with Crippen LogP contribution in [-0.4, -0.2) is 33.7 Å². The van der Waals surface area contributed by atoms with Gasteiger partial charge in [0.2, 0.25) is 0 Å². The Hall–Kier alpha value is -1.27. The van der Waals surface area contributed by atoms with Crippen molar-refractivity contribution in [2.75, 3.05) is 0 Å². The van der Waals surface area contributed by atoms with Crippen molar-refractivity contribution in [3.63, 3.8) is 0 Å². The van der Waals surface area contributed by atoms with Gasteiger partial charge in [-0.3, -0.25) is 0 Å². The number of aliphatic hydroxyl groups excluding tert-OH is 2. The maximum Gasteiger partial charge on any atom is 0.157 e. The standard InChI is InChI=1S/C18H23NO3S/c1-3-4-16-8-13-7-12(11(2)19-18(13)23-16)5-6-15-9-14(20)10-17(21)22-15/h5-8,14-15,17,20-21H,3-4,9-10H2,1-2H3. The van der Waals surface area contributed by atoms with E-state index in [9.17, 15) is 10.2 Å². The fourth-order valence-electron chi connectivity index (χ4n) is 2.91. The van der Waals surface area contributed by atoms with E-state index in [4.69, 9.17) is 9.72 Å². The molecule has 0 saturated carbocycles. The highest BCUT2D eigenvalue weighted by Crippen LogP contribution is 2.28. The molecule has 0 amide bonds. The fraction of sp³-hybridized carbons (Fsp3) is 0.500. The summed E-state index contributed by atoms with van der Waals surface area (Å²) in [6.07, 6.45) is 5.26. The first-order valence-electron chi connectivity index (χ1n) is 8.15. The molecule has 124 valence electrons. The summed E-state index contributed by atoms with van der Waals surface area (Å²) < 4.78 is 5.43. The Morgan fingerprint density at radius 1 is 1.35 bits per heavy atom. The lowest BCUT2D eigenvalue weighted by molar-refractivity contribution is -0.175. The van der Waals surface area contributed by atoms with Crippen molar-refractivity contribution in [2.24, 2.45) is 0 Å². The third-order valence-electron chi connectivity index (χ3n) is 4.09. The second kappa shape index (κ2) is 7.09. The van der Waals surface area contributed by atoms with Gasteiger partial charge in [-0.15, -0.1) is 11.3 Å². The highest BCUT2D eigenvalue weighted by atomic mass is 32.1. The average Bonchev–Trinajstić information content (AvgIpc) is 2.85. The molecule has 2 N–H and O–H groups in total. The first kappa shape index (κ1) is 16.6. The summed E-state index contributed by atoms with van der Waals surface area (Å²) >= 11 is 1.77. The Kier molecular flexibility index (Phi) is 5.11. The fourth-order valence-corrected chi connectivity index (χ4v) is 4.07. The molecular weight excluding hydrogens is 310 g/mol. The molecule has 0 spiro atoms. The monoisotopic (exact) mass is 333 g/mol. The number of hydrogen-bond acceptors (Lipinski definition) is 5. The van der Waals surface area contributed by atoms with Crippen molar-refractivity contribution in [3.8, 4) is 0 Å². The Labute approximate surface area is 140 Å². The van der Waals surface area contributed by atoms with E-state index >= 15 is 0 Å². The van der Waals surface area contributed by atoms with E-state index in [2.05, 4.69) is 19.1 Å². The lowest BCUT2D eigenvalue weighted by Crippen LogP contribution is -2.34. The number of fused-ring (bicyclic) bond motifs is 1. The number of rotatable bonds is 4. The number of aryl methyl sites for hydroxylation is 2. The van der Waals surface area contributed by atoms with Gasteiger partial charge in [-0.05, 0) is 31.0 Å². The van der Waals surface area contributed by atoms with E-state index in [0.717, 1.165) is 28.9 Å². The van der Waals surface area contributed by atoms with Crippen LogP contribution in [0.25, 0.3) is 16.3 Å². The van der Waals surface area contributed by atoms with Crippen LogP contribution in [-0.2, 0) is 11.2 Å². The maximum atomic E-state index is 9.71. The normalized spacial score (nSPS) is 25.5. The molecule has 1 aliphatic rings. The molecule has 3 atom stereocenters. The smallest absolute Gasteiger partial charge is 0.157 e. The highest BCUT2D eigenvalue weighted by molar-refractivity contribution is 7.18. The lowest BCUT2D eigenvalue weighted by atomic mass is 10.0. The summed E-state index contributed by atoms with van der Waals surface area (Å²) in [5, 5.41) is 20.5. The molecule has 3 rings (SSSR count). The lowest BCUT2D eigenvalue weighted by Gasteiger charge is -2.28. The predicted octanol–water partition coefficient (Wildman–Crippen LogP) is 3.43. The summed E-state index contributed by atoms with van der Waals surface area (Å²) in [6, 6.07) is 4.37. The molecule has 0 aromatic carbocycles. The van der Waals surface area contributed by atoms with Gasteiger partial charge < -0.3 is 14.9 Å². The van der Waals surface area contributed by atoms with Gasteiger partial charge in [-0.2, -0.15) is 0 Å². The number of ether oxygens (including phenoxy) is 1. The van der Waals surface area contributed by atoms with Crippen molar-refractivity contribution in [3.05, 3.63) is 34.3 Å². The molecule has 5 heteroatoms. The number of thiophene rings is 1. The number of aromatic nitrogens is 1. The minimum absolute atomic E-state index is 0.262. The van der Waals surface area contributed by atoms with Crippen LogP contribution in [0.3, 0.4) is 0 Å². The minimum atomic E-state index is -0.886. The molecule has 2 aromatic heterocycles. The van der Waals surface area contributed by atoms with Crippen LogP contribution in [0.2, 0.25) is 0 Å². The number of hydrogen-bond donors (Lipinski definition) is 2. The van der Waals surface area contributed by atoms with Crippen molar-refractivity contribution in [2.45, 2.75) is 58.0 Å². The quantitative estimate of drug-likeness (QED) is 0.900. The first-order valence-corrected chi connectivity index (χ1v) is 8.96. The van der Waals surface area contributed by atoms with Crippen LogP contribution in [0.5, 0.6) is 0 Å². The van der Waals surface area contributed by atoms with Crippen LogP contribution in [0.15, 0.2) is 18.2 Å². The topological polar surface area (TPSA) is 62.6 Å². The Bertz CT molecular complexity index is 700. The molecular formula is C18H23NO3S. The Morgan fingerprint density at radius 3 is 2.91 bits per heavy atom. The molecule has 3 unspecified atom stereocenters. The third kappa shape index (κ3) is 3.98. The van der Waals surface area contributed by atoms with Gasteiger partial charge in [0, 0.05) is 28.8 Å². The zero-order valence-corrected chi connectivity index (χ0v) is 14.3. The van der Waals surface area contributed by atoms with Gasteiger partial charge in [-0.1, -0.05) is 25.5 Å². The molecule has 0 aliphatic carbocycles. The average molecular weight is 333 g/mol. The van der Waals surface area contributed by atoms with Crippen molar-refractivity contribution in [1.82, 2.24) is 4.98 Å². The molecule has 0 radical (unpaired) electrons. The second-order valence-corrected chi connectivity index (χ2v) is 7.25. The predicted molar refractivity (Wildman–Crippen MR) is 93.5 cm³/mol. The number of pyridine rings is 1. The van der Waals surface area contributed by atoms with Gasteiger partial charge in [0.15, 0.2) is 6.29 Å². The zero-order valence-electron chi connectivity index (χ0n) is 13.5. The number of nitrogens with zero attached hydrogens (tertiary/aromatic N) is 1. The van der Waals surface area contributed by atoms with E-state index in [0.29, 0.717) is 6.42 Å². The van der Waals surface area contributed by atoms with E-state index in [1.807, 2.05) is 19.1 Å². The largest absolute Gasteiger partial charge is 0.393 e. The van der Waals surface area contributed by atoms with Crippen molar-refractivity contribution in [1.29, 1.82) is 0 Å². The summed E-state index contributed by atoms with van der Waals surface area (Å²) in [4.78, 5) is 7.16. The van der Waals surface area contributed by atoms with Gasteiger partial charge in [0.25, 0.3) is 0 Å².